The minimum atomic E-state index is -0.0534. The van der Waals surface area contributed by atoms with Crippen molar-refractivity contribution in [1.29, 1.82) is 0 Å². The first-order valence-electron chi connectivity index (χ1n) is 9.92. The van der Waals surface area contributed by atoms with Gasteiger partial charge in [0.05, 0.1) is 11.2 Å². The third kappa shape index (κ3) is 3.05. The van der Waals surface area contributed by atoms with Crippen LogP contribution in [0.2, 0.25) is 0 Å². The van der Waals surface area contributed by atoms with E-state index in [1.54, 1.807) is 0 Å². The number of fused-ring (bicyclic) bond motifs is 1. The summed E-state index contributed by atoms with van der Waals surface area (Å²) in [6, 6.07) is 8.62. The van der Waals surface area contributed by atoms with Crippen molar-refractivity contribution in [3.8, 4) is 11.7 Å². The average molecular weight is 364 g/mol. The molecule has 5 heteroatoms. The van der Waals surface area contributed by atoms with Crippen LogP contribution in [0.4, 0.5) is 0 Å². The Morgan fingerprint density at radius 3 is 2.67 bits per heavy atom. The summed E-state index contributed by atoms with van der Waals surface area (Å²) in [4.78, 5) is 0. The lowest BCUT2D eigenvalue weighted by Crippen LogP contribution is -2.12. The van der Waals surface area contributed by atoms with Gasteiger partial charge >= 0.3 is 6.01 Å². The molecule has 0 bridgehead atoms. The number of hydrogen-bond acceptors (Lipinski definition) is 3. The zero-order valence-electron chi connectivity index (χ0n) is 16.6. The Morgan fingerprint density at radius 2 is 1.93 bits per heavy atom. The maximum Gasteiger partial charge on any atom is 0.319 e. The molecule has 0 aliphatic heterocycles. The van der Waals surface area contributed by atoms with Crippen molar-refractivity contribution in [3.05, 3.63) is 42.4 Å². The van der Waals surface area contributed by atoms with Crippen LogP contribution in [0.3, 0.4) is 0 Å². The van der Waals surface area contributed by atoms with Crippen molar-refractivity contribution in [2.45, 2.75) is 53.0 Å². The highest BCUT2D eigenvalue weighted by Crippen LogP contribution is 2.36. The highest BCUT2D eigenvalue weighted by Gasteiger charge is 2.24. The summed E-state index contributed by atoms with van der Waals surface area (Å²) in [5, 5.41) is 20.0. The number of aromatic nitrogens is 4. The van der Waals surface area contributed by atoms with Crippen molar-refractivity contribution >= 4 is 16.5 Å². The lowest BCUT2D eigenvalue weighted by atomic mass is 9.83. The predicted octanol–water partition coefficient (Wildman–Crippen LogP) is 5.35. The number of rotatable bonds is 4. The Balaban J connectivity index is 1.87. The summed E-state index contributed by atoms with van der Waals surface area (Å²) in [6.45, 7) is 8.88. The fourth-order valence-corrected chi connectivity index (χ4v) is 4.19. The van der Waals surface area contributed by atoms with Gasteiger partial charge in [-0.2, -0.15) is 0 Å². The van der Waals surface area contributed by atoms with Crippen molar-refractivity contribution < 1.29 is 5.11 Å². The van der Waals surface area contributed by atoms with Gasteiger partial charge in [0.1, 0.15) is 0 Å². The molecule has 4 rings (SSSR count). The quantitative estimate of drug-likeness (QED) is 0.679. The second-order valence-electron chi connectivity index (χ2n) is 8.18. The second-order valence-corrected chi connectivity index (χ2v) is 8.18. The molecule has 5 nitrogen and oxygen atoms in total. The van der Waals surface area contributed by atoms with E-state index in [0.717, 1.165) is 35.3 Å². The van der Waals surface area contributed by atoms with Crippen molar-refractivity contribution in [1.82, 2.24) is 19.3 Å². The standard InChI is InChI=1S/C22H28N4O/c1-14(2)16-7-5-8-17(13-16)21-23-24-22(27)26(21)20-10-6-9-19-18(20)11-12-25(19)15(3)4/h6,9-16H,5,7-8H2,1-4H3,(H,24,27). The molecule has 1 unspecified atom stereocenters. The number of benzene rings is 1. The van der Waals surface area contributed by atoms with Gasteiger partial charge in [-0.3, -0.25) is 0 Å². The van der Waals surface area contributed by atoms with E-state index in [-0.39, 0.29) is 6.01 Å². The summed E-state index contributed by atoms with van der Waals surface area (Å²) in [6.07, 6.45) is 7.79. The fraction of sp³-hybridized carbons (Fsp3) is 0.455. The maximum absolute atomic E-state index is 10.5. The number of nitrogens with zero attached hydrogens (tertiary/aromatic N) is 4. The molecule has 1 aromatic carbocycles. The Kier molecular flexibility index (Phi) is 4.54. The largest absolute Gasteiger partial charge is 0.479 e. The van der Waals surface area contributed by atoms with E-state index in [4.69, 9.17) is 0 Å². The van der Waals surface area contributed by atoms with Crippen LogP contribution in [0, 0.1) is 11.8 Å². The predicted molar refractivity (Wildman–Crippen MR) is 109 cm³/mol. The summed E-state index contributed by atoms with van der Waals surface area (Å²) >= 11 is 0. The molecule has 2 aromatic heterocycles. The van der Waals surface area contributed by atoms with Crippen molar-refractivity contribution in [2.75, 3.05) is 0 Å². The van der Waals surface area contributed by atoms with Gasteiger partial charge < -0.3 is 9.67 Å². The summed E-state index contributed by atoms with van der Waals surface area (Å²) in [7, 11) is 0. The summed E-state index contributed by atoms with van der Waals surface area (Å²) in [5.41, 5.74) is 3.27. The molecular weight excluding hydrogens is 336 g/mol. The van der Waals surface area contributed by atoms with Crippen molar-refractivity contribution in [2.24, 2.45) is 11.8 Å². The van der Waals surface area contributed by atoms with Crippen LogP contribution in [0.15, 0.2) is 36.5 Å². The summed E-state index contributed by atoms with van der Waals surface area (Å²) < 4.78 is 4.05. The lowest BCUT2D eigenvalue weighted by molar-refractivity contribution is 0.414. The van der Waals surface area contributed by atoms with Crippen molar-refractivity contribution in [3.63, 3.8) is 0 Å². The Bertz CT molecular complexity index is 993. The molecule has 27 heavy (non-hydrogen) atoms. The molecule has 0 spiro atoms. The molecule has 1 aliphatic carbocycles. The lowest BCUT2D eigenvalue weighted by Gasteiger charge is -2.24. The van der Waals surface area contributed by atoms with Crippen LogP contribution in [-0.4, -0.2) is 24.4 Å². The van der Waals surface area contributed by atoms with Gasteiger partial charge in [0, 0.05) is 17.6 Å². The highest BCUT2D eigenvalue weighted by atomic mass is 16.3. The molecular formula is C22H28N4O. The van der Waals surface area contributed by atoms with Gasteiger partial charge in [-0.1, -0.05) is 31.1 Å². The van der Waals surface area contributed by atoms with Crippen LogP contribution < -0.4 is 0 Å². The van der Waals surface area contributed by atoms with Gasteiger partial charge in [0.2, 0.25) is 0 Å². The first kappa shape index (κ1) is 17.8. The maximum atomic E-state index is 10.5. The van der Waals surface area contributed by atoms with Crippen LogP contribution in [0.1, 0.15) is 58.8 Å². The van der Waals surface area contributed by atoms with E-state index in [1.165, 1.54) is 12.0 Å². The summed E-state index contributed by atoms with van der Waals surface area (Å²) in [5.74, 6) is 1.93. The van der Waals surface area contributed by atoms with Crippen LogP contribution in [0.25, 0.3) is 22.2 Å². The third-order valence-electron chi connectivity index (χ3n) is 5.73. The monoisotopic (exact) mass is 364 g/mol. The van der Waals surface area contributed by atoms with Gasteiger partial charge in [-0.05, 0) is 68.7 Å². The minimum Gasteiger partial charge on any atom is -0.479 e. The third-order valence-corrected chi connectivity index (χ3v) is 5.73. The SMILES string of the molecule is CC(C)C1C=C(c2nnc(O)n2-c2cccc3c2ccn3C(C)C)CCC1. The zero-order chi connectivity index (χ0) is 19.1. The van der Waals surface area contributed by atoms with E-state index in [0.29, 0.717) is 17.9 Å². The molecule has 0 saturated heterocycles. The van der Waals surface area contributed by atoms with Crippen LogP contribution in [0.5, 0.6) is 6.01 Å². The van der Waals surface area contributed by atoms with Crippen LogP contribution >= 0.6 is 0 Å². The number of hydrogen-bond donors (Lipinski definition) is 1. The number of allylic oxidation sites excluding steroid dienone is 2. The molecule has 0 radical (unpaired) electrons. The molecule has 0 saturated carbocycles. The smallest absolute Gasteiger partial charge is 0.319 e. The van der Waals surface area contributed by atoms with E-state index < -0.39 is 0 Å². The molecule has 2 heterocycles. The average Bonchev–Trinajstić information content (AvgIpc) is 3.25. The molecule has 0 amide bonds. The Labute approximate surface area is 160 Å². The second kappa shape index (κ2) is 6.87. The minimum absolute atomic E-state index is 0.0534. The molecule has 1 aliphatic rings. The molecule has 142 valence electrons. The normalized spacial score (nSPS) is 17.9. The van der Waals surface area contributed by atoms with Gasteiger partial charge in [-0.15, -0.1) is 5.10 Å². The van der Waals surface area contributed by atoms with Gasteiger partial charge in [0.25, 0.3) is 0 Å². The van der Waals surface area contributed by atoms with E-state index in [1.807, 2.05) is 16.7 Å². The van der Waals surface area contributed by atoms with Gasteiger partial charge in [-0.25, -0.2) is 4.57 Å². The topological polar surface area (TPSA) is 55.9 Å². The first-order valence-corrected chi connectivity index (χ1v) is 9.92. The number of aromatic hydroxyl groups is 1. The van der Waals surface area contributed by atoms with Gasteiger partial charge in [0.15, 0.2) is 5.82 Å². The first-order chi connectivity index (χ1) is 13.0. The molecule has 0 fully saturated rings. The van der Waals surface area contributed by atoms with E-state index >= 15 is 0 Å². The van der Waals surface area contributed by atoms with E-state index in [9.17, 15) is 5.11 Å². The molecule has 1 atom stereocenters. The highest BCUT2D eigenvalue weighted by molar-refractivity contribution is 5.89. The Morgan fingerprint density at radius 1 is 1.11 bits per heavy atom. The Hall–Kier alpha value is -2.56. The fourth-order valence-electron chi connectivity index (χ4n) is 4.19. The van der Waals surface area contributed by atoms with Crippen LogP contribution in [-0.2, 0) is 0 Å². The molecule has 3 aromatic rings. The molecule has 1 N–H and O–H groups in total. The zero-order valence-corrected chi connectivity index (χ0v) is 16.6. The van der Waals surface area contributed by atoms with E-state index in [2.05, 4.69) is 66.9 Å².